The molecule has 0 saturated heterocycles. The molecule has 0 bridgehead atoms. The lowest BCUT2D eigenvalue weighted by molar-refractivity contribution is 0.0988. The predicted molar refractivity (Wildman–Crippen MR) is 78.8 cm³/mol. The fourth-order valence-corrected chi connectivity index (χ4v) is 2.69. The first kappa shape index (κ1) is 13.9. The molecule has 0 aliphatic carbocycles. The molecule has 0 radical (unpaired) electrons. The van der Waals surface area contributed by atoms with Crippen LogP contribution in [0.5, 0.6) is 0 Å². The Hall–Kier alpha value is -1.52. The van der Waals surface area contributed by atoms with Gasteiger partial charge in [-0.05, 0) is 37.1 Å². The second kappa shape index (κ2) is 6.08. The van der Waals surface area contributed by atoms with Gasteiger partial charge in [-0.2, -0.15) is 0 Å². The molecule has 100 valence electrons. The fraction of sp³-hybridized carbons (Fsp3) is 0.333. The molecule has 19 heavy (non-hydrogen) atoms. The normalized spacial score (nSPS) is 10.7. The second-order valence-corrected chi connectivity index (χ2v) is 5.63. The SMILES string of the molecule is Cc1ccc(CC(=O)c2csc(CCN)n2)cc1C. The van der Waals surface area contributed by atoms with Gasteiger partial charge >= 0.3 is 0 Å². The molecule has 2 rings (SSSR count). The fourth-order valence-electron chi connectivity index (χ4n) is 1.87. The molecule has 0 atom stereocenters. The average Bonchev–Trinajstić information content (AvgIpc) is 2.83. The van der Waals surface area contributed by atoms with Gasteiger partial charge in [0.1, 0.15) is 5.69 Å². The molecular weight excluding hydrogens is 256 g/mol. The average molecular weight is 274 g/mol. The molecule has 0 unspecified atom stereocenters. The Balaban J connectivity index is 2.09. The Morgan fingerprint density at radius 1 is 1.32 bits per heavy atom. The van der Waals surface area contributed by atoms with Crippen molar-refractivity contribution in [2.24, 2.45) is 5.73 Å². The number of ketones is 1. The number of hydrogen-bond donors (Lipinski definition) is 1. The number of carbonyl (C=O) groups is 1. The van der Waals surface area contributed by atoms with Crippen LogP contribution in [0.4, 0.5) is 0 Å². The number of nitrogens with zero attached hydrogens (tertiary/aromatic N) is 1. The third kappa shape index (κ3) is 3.49. The topological polar surface area (TPSA) is 56.0 Å². The minimum absolute atomic E-state index is 0.0720. The number of thiazole rings is 1. The Labute approximate surface area is 117 Å². The van der Waals surface area contributed by atoms with Crippen LogP contribution in [0.3, 0.4) is 0 Å². The molecule has 1 aromatic carbocycles. The molecule has 2 N–H and O–H groups in total. The molecule has 0 fully saturated rings. The van der Waals surface area contributed by atoms with E-state index in [1.54, 1.807) is 0 Å². The number of aromatic nitrogens is 1. The van der Waals surface area contributed by atoms with Crippen LogP contribution in [0.15, 0.2) is 23.6 Å². The lowest BCUT2D eigenvalue weighted by Crippen LogP contribution is -2.06. The third-order valence-corrected chi connectivity index (χ3v) is 4.04. The van der Waals surface area contributed by atoms with Crippen LogP contribution < -0.4 is 5.73 Å². The summed E-state index contributed by atoms with van der Waals surface area (Å²) in [6, 6.07) is 6.13. The molecule has 3 nitrogen and oxygen atoms in total. The molecule has 0 aliphatic heterocycles. The summed E-state index contributed by atoms with van der Waals surface area (Å²) >= 11 is 1.51. The number of hydrogen-bond acceptors (Lipinski definition) is 4. The lowest BCUT2D eigenvalue weighted by Gasteiger charge is -2.03. The summed E-state index contributed by atoms with van der Waals surface area (Å²) in [4.78, 5) is 16.5. The lowest BCUT2D eigenvalue weighted by atomic mass is 10.0. The summed E-state index contributed by atoms with van der Waals surface area (Å²) in [5, 5.41) is 2.76. The largest absolute Gasteiger partial charge is 0.330 e. The highest BCUT2D eigenvalue weighted by atomic mass is 32.1. The Bertz CT molecular complexity index is 590. The number of benzene rings is 1. The van der Waals surface area contributed by atoms with Gasteiger partial charge in [-0.15, -0.1) is 11.3 Å². The van der Waals surface area contributed by atoms with Gasteiger partial charge in [0.2, 0.25) is 0 Å². The van der Waals surface area contributed by atoms with Crippen molar-refractivity contribution in [1.29, 1.82) is 0 Å². The zero-order chi connectivity index (χ0) is 13.8. The zero-order valence-electron chi connectivity index (χ0n) is 11.3. The standard InChI is InChI=1S/C15H18N2OS/c1-10-3-4-12(7-11(10)2)8-14(18)13-9-19-15(17-13)5-6-16/h3-4,7,9H,5-6,8,16H2,1-2H3. The van der Waals surface area contributed by atoms with Crippen molar-refractivity contribution in [3.8, 4) is 0 Å². The summed E-state index contributed by atoms with van der Waals surface area (Å²) in [6.45, 7) is 4.70. The van der Waals surface area contributed by atoms with Crippen LogP contribution in [0.1, 0.15) is 32.2 Å². The van der Waals surface area contributed by atoms with Crippen LogP contribution in [0, 0.1) is 13.8 Å². The molecule has 1 heterocycles. The van der Waals surface area contributed by atoms with E-state index in [1.165, 1.54) is 22.5 Å². The first-order chi connectivity index (χ1) is 9.10. The van der Waals surface area contributed by atoms with Crippen LogP contribution in [0.25, 0.3) is 0 Å². The number of carbonyl (C=O) groups excluding carboxylic acids is 1. The molecule has 0 saturated carbocycles. The smallest absolute Gasteiger partial charge is 0.186 e. The quantitative estimate of drug-likeness (QED) is 0.853. The van der Waals surface area contributed by atoms with Crippen molar-refractivity contribution in [3.05, 3.63) is 51.0 Å². The number of aryl methyl sites for hydroxylation is 2. The highest BCUT2D eigenvalue weighted by molar-refractivity contribution is 7.09. The summed E-state index contributed by atoms with van der Waals surface area (Å²) in [5.74, 6) is 0.0720. The molecule has 2 aromatic rings. The first-order valence-corrected chi connectivity index (χ1v) is 7.22. The van der Waals surface area contributed by atoms with Crippen molar-refractivity contribution in [2.75, 3.05) is 6.54 Å². The van der Waals surface area contributed by atoms with E-state index in [4.69, 9.17) is 5.73 Å². The molecule has 0 aliphatic rings. The third-order valence-electron chi connectivity index (χ3n) is 3.13. The summed E-state index contributed by atoms with van der Waals surface area (Å²) in [6.07, 6.45) is 1.15. The monoisotopic (exact) mass is 274 g/mol. The van der Waals surface area contributed by atoms with Crippen LogP contribution >= 0.6 is 11.3 Å². The minimum Gasteiger partial charge on any atom is -0.330 e. The predicted octanol–water partition coefficient (Wildman–Crippen LogP) is 2.69. The van der Waals surface area contributed by atoms with Crippen molar-refractivity contribution in [2.45, 2.75) is 26.7 Å². The molecule has 1 aromatic heterocycles. The van der Waals surface area contributed by atoms with Gasteiger partial charge in [0, 0.05) is 18.2 Å². The van der Waals surface area contributed by atoms with Gasteiger partial charge < -0.3 is 5.73 Å². The van der Waals surface area contributed by atoms with E-state index < -0.39 is 0 Å². The van der Waals surface area contributed by atoms with E-state index in [-0.39, 0.29) is 5.78 Å². The Kier molecular flexibility index (Phi) is 4.45. The molecule has 0 amide bonds. The van der Waals surface area contributed by atoms with Crippen molar-refractivity contribution in [1.82, 2.24) is 4.98 Å². The molecule has 4 heteroatoms. The maximum absolute atomic E-state index is 12.1. The van der Waals surface area contributed by atoms with Crippen molar-refractivity contribution < 1.29 is 4.79 Å². The summed E-state index contributed by atoms with van der Waals surface area (Å²) < 4.78 is 0. The maximum atomic E-state index is 12.1. The van der Waals surface area contributed by atoms with Gasteiger partial charge in [-0.3, -0.25) is 4.79 Å². The number of nitrogens with two attached hydrogens (primary N) is 1. The van der Waals surface area contributed by atoms with Crippen LogP contribution in [0.2, 0.25) is 0 Å². The van der Waals surface area contributed by atoms with E-state index in [0.717, 1.165) is 17.0 Å². The highest BCUT2D eigenvalue weighted by Gasteiger charge is 2.11. The zero-order valence-corrected chi connectivity index (χ0v) is 12.1. The Morgan fingerprint density at radius 2 is 2.11 bits per heavy atom. The van der Waals surface area contributed by atoms with Crippen LogP contribution in [-0.2, 0) is 12.8 Å². The van der Waals surface area contributed by atoms with E-state index >= 15 is 0 Å². The Morgan fingerprint density at radius 3 is 2.79 bits per heavy atom. The summed E-state index contributed by atoms with van der Waals surface area (Å²) in [7, 11) is 0. The minimum atomic E-state index is 0.0720. The van der Waals surface area contributed by atoms with E-state index in [2.05, 4.69) is 31.0 Å². The van der Waals surface area contributed by atoms with Gasteiger partial charge in [-0.1, -0.05) is 18.2 Å². The highest BCUT2D eigenvalue weighted by Crippen LogP contribution is 2.15. The summed E-state index contributed by atoms with van der Waals surface area (Å²) in [5.41, 5.74) is 9.55. The van der Waals surface area contributed by atoms with Gasteiger partial charge in [-0.25, -0.2) is 4.98 Å². The van der Waals surface area contributed by atoms with Crippen molar-refractivity contribution in [3.63, 3.8) is 0 Å². The number of rotatable bonds is 5. The van der Waals surface area contributed by atoms with E-state index in [1.807, 2.05) is 11.4 Å². The van der Waals surface area contributed by atoms with Crippen molar-refractivity contribution >= 4 is 17.1 Å². The van der Waals surface area contributed by atoms with Crippen LogP contribution in [-0.4, -0.2) is 17.3 Å². The first-order valence-electron chi connectivity index (χ1n) is 6.34. The van der Waals surface area contributed by atoms with Gasteiger partial charge in [0.15, 0.2) is 5.78 Å². The van der Waals surface area contributed by atoms with E-state index in [9.17, 15) is 4.79 Å². The number of Topliss-reactive ketones (excluding diaryl/α,β-unsaturated/α-hetero) is 1. The van der Waals surface area contributed by atoms with E-state index in [0.29, 0.717) is 18.7 Å². The molecular formula is C15H18N2OS. The second-order valence-electron chi connectivity index (χ2n) is 4.68. The molecule has 0 spiro atoms. The van der Waals surface area contributed by atoms with Gasteiger partial charge in [0.25, 0.3) is 0 Å². The van der Waals surface area contributed by atoms with Gasteiger partial charge in [0.05, 0.1) is 5.01 Å². The maximum Gasteiger partial charge on any atom is 0.186 e.